The van der Waals surface area contributed by atoms with Crippen LogP contribution in [-0.2, 0) is 4.57 Å². The Morgan fingerprint density at radius 3 is 2.27 bits per heavy atom. The number of benzene rings is 2. The maximum Gasteiger partial charge on any atom is 0.422 e. The summed E-state index contributed by atoms with van der Waals surface area (Å²) >= 11 is 5.87. The van der Waals surface area contributed by atoms with Gasteiger partial charge in [-0.25, -0.2) is 9.24 Å². The zero-order chi connectivity index (χ0) is 15.4. The third kappa shape index (κ3) is 3.00. The van der Waals surface area contributed by atoms with Crippen molar-refractivity contribution in [2.24, 2.45) is 0 Å². The van der Waals surface area contributed by atoms with Crippen LogP contribution in [0.15, 0.2) is 60.7 Å². The zero-order valence-corrected chi connectivity index (χ0v) is 13.8. The molecule has 0 aromatic heterocycles. The van der Waals surface area contributed by atoms with Gasteiger partial charge in [-0.2, -0.15) is 0 Å². The van der Waals surface area contributed by atoms with Crippen molar-refractivity contribution in [3.05, 3.63) is 60.7 Å². The Hall–Kier alpha value is -1.48. The molecule has 22 heavy (non-hydrogen) atoms. The first-order valence-electron chi connectivity index (χ1n) is 7.23. The van der Waals surface area contributed by atoms with Gasteiger partial charge in [0, 0.05) is 31.2 Å². The Morgan fingerprint density at radius 2 is 1.64 bits per heavy atom. The summed E-state index contributed by atoms with van der Waals surface area (Å²) in [6, 6.07) is 19.0. The van der Waals surface area contributed by atoms with E-state index in [-0.39, 0.29) is 0 Å². The number of hydrogen-bond acceptors (Lipinski definition) is 2. The van der Waals surface area contributed by atoms with Crippen LogP contribution in [0.25, 0.3) is 0 Å². The van der Waals surface area contributed by atoms with E-state index in [1.807, 2.05) is 70.0 Å². The molecule has 1 saturated heterocycles. The van der Waals surface area contributed by atoms with Crippen molar-refractivity contribution in [3.63, 3.8) is 0 Å². The van der Waals surface area contributed by atoms with Crippen LogP contribution in [0.4, 0.5) is 5.69 Å². The molecule has 2 aromatic carbocycles. The summed E-state index contributed by atoms with van der Waals surface area (Å²) < 4.78 is 23.3. The first-order valence-corrected chi connectivity index (χ1v) is 9.30. The fourth-order valence-corrected chi connectivity index (χ4v) is 5.25. The van der Waals surface area contributed by atoms with Crippen molar-refractivity contribution in [1.29, 1.82) is 0 Å². The number of rotatable bonds is 5. The van der Waals surface area contributed by atoms with E-state index in [9.17, 15) is 4.57 Å². The summed E-state index contributed by atoms with van der Waals surface area (Å²) in [4.78, 5) is 0. The van der Waals surface area contributed by atoms with Crippen LogP contribution in [-0.4, -0.2) is 30.2 Å². The molecule has 0 N–H and O–H groups in total. The predicted octanol–water partition coefficient (Wildman–Crippen LogP) is 4.23. The first kappa shape index (κ1) is 15.4. The van der Waals surface area contributed by atoms with Crippen LogP contribution in [0.2, 0.25) is 0 Å². The minimum absolute atomic E-state index is 0.421. The maximum atomic E-state index is 13.6. The van der Waals surface area contributed by atoms with Crippen LogP contribution in [0, 0.1) is 0 Å². The molecule has 6 heteroatoms. The van der Waals surface area contributed by atoms with Gasteiger partial charge in [-0.3, -0.25) is 4.67 Å². The Kier molecular flexibility index (Phi) is 4.72. The van der Waals surface area contributed by atoms with Crippen molar-refractivity contribution in [2.45, 2.75) is 0 Å². The van der Waals surface area contributed by atoms with Crippen molar-refractivity contribution in [1.82, 2.24) is 4.67 Å². The van der Waals surface area contributed by atoms with Gasteiger partial charge in [0.2, 0.25) is 0 Å². The van der Waals surface area contributed by atoms with Crippen molar-refractivity contribution < 1.29 is 9.09 Å². The van der Waals surface area contributed by atoms with Crippen molar-refractivity contribution in [3.8, 4) is 5.75 Å². The minimum atomic E-state index is -3.17. The Labute approximate surface area is 135 Å². The predicted molar refractivity (Wildman–Crippen MR) is 90.8 cm³/mol. The molecule has 0 saturated carbocycles. The molecule has 0 amide bonds. The molecule has 0 unspecified atom stereocenters. The SMILES string of the molecule is O=[P@]1(Oc2ccccc2)N(CCCl)CCN1c1ccccc1. The van der Waals surface area contributed by atoms with E-state index in [0.717, 1.165) is 5.69 Å². The molecule has 0 spiro atoms. The average Bonchev–Trinajstić information content (AvgIpc) is 2.86. The molecule has 0 aliphatic carbocycles. The smallest absolute Gasteiger partial charge is 0.418 e. The summed E-state index contributed by atoms with van der Waals surface area (Å²) in [5, 5.41) is 0. The summed E-state index contributed by atoms with van der Waals surface area (Å²) in [5.74, 6) is 1.03. The fourth-order valence-electron chi connectivity index (χ4n) is 2.55. The van der Waals surface area contributed by atoms with Crippen LogP contribution in [0.1, 0.15) is 0 Å². The normalized spacial score (nSPS) is 22.0. The highest BCUT2D eigenvalue weighted by Crippen LogP contribution is 2.58. The molecular weight excluding hydrogens is 319 g/mol. The standard InChI is InChI=1S/C16H18ClN2O2P/c17-11-12-18-13-14-19(15-7-3-1-4-8-15)22(18,20)21-16-9-5-2-6-10-16/h1-10H,11-14H2/t22-/m0/s1. The second kappa shape index (κ2) is 6.74. The van der Waals surface area contributed by atoms with E-state index in [4.69, 9.17) is 16.1 Å². The monoisotopic (exact) mass is 336 g/mol. The third-order valence-corrected chi connectivity index (χ3v) is 6.37. The molecule has 1 heterocycles. The summed E-state index contributed by atoms with van der Waals surface area (Å²) in [6.45, 7) is 1.87. The summed E-state index contributed by atoms with van der Waals surface area (Å²) in [5.41, 5.74) is 0.902. The van der Waals surface area contributed by atoms with Crippen LogP contribution in [0.3, 0.4) is 0 Å². The molecule has 0 bridgehead atoms. The van der Waals surface area contributed by atoms with Gasteiger partial charge in [0.25, 0.3) is 0 Å². The van der Waals surface area contributed by atoms with Crippen molar-refractivity contribution >= 4 is 25.0 Å². The molecular formula is C16H18ClN2O2P. The molecule has 2 aromatic rings. The van der Waals surface area contributed by atoms with Crippen LogP contribution < -0.4 is 9.19 Å². The maximum absolute atomic E-state index is 13.6. The number of nitrogens with zero attached hydrogens (tertiary/aromatic N) is 2. The Bertz CT molecular complexity index is 654. The number of halogens is 1. The van der Waals surface area contributed by atoms with Gasteiger partial charge in [0.05, 0.1) is 0 Å². The van der Waals surface area contributed by atoms with Crippen LogP contribution in [0.5, 0.6) is 5.75 Å². The van der Waals surface area contributed by atoms with Crippen LogP contribution >= 0.6 is 19.3 Å². The lowest BCUT2D eigenvalue weighted by Gasteiger charge is -2.30. The molecule has 1 aliphatic rings. The second-order valence-electron chi connectivity index (χ2n) is 5.00. The van der Waals surface area contributed by atoms with Gasteiger partial charge in [0.15, 0.2) is 0 Å². The Balaban J connectivity index is 1.94. The second-order valence-corrected chi connectivity index (χ2v) is 7.59. The quantitative estimate of drug-likeness (QED) is 0.604. The third-order valence-electron chi connectivity index (χ3n) is 3.60. The highest BCUT2D eigenvalue weighted by Gasteiger charge is 2.45. The molecule has 0 radical (unpaired) electrons. The lowest BCUT2D eigenvalue weighted by Crippen LogP contribution is -2.24. The van der Waals surface area contributed by atoms with E-state index in [2.05, 4.69) is 0 Å². The van der Waals surface area contributed by atoms with Crippen molar-refractivity contribution in [2.75, 3.05) is 30.2 Å². The minimum Gasteiger partial charge on any atom is -0.418 e. The van der Waals surface area contributed by atoms with Gasteiger partial charge in [-0.1, -0.05) is 36.4 Å². The van der Waals surface area contributed by atoms with Gasteiger partial charge in [-0.05, 0) is 24.3 Å². The topological polar surface area (TPSA) is 32.8 Å². The Morgan fingerprint density at radius 1 is 1.00 bits per heavy atom. The van der Waals surface area contributed by atoms with Gasteiger partial charge >= 0.3 is 7.67 Å². The molecule has 1 atom stereocenters. The van der Waals surface area contributed by atoms with Gasteiger partial charge < -0.3 is 4.52 Å². The molecule has 3 rings (SSSR count). The summed E-state index contributed by atoms with van der Waals surface area (Å²) in [7, 11) is -3.17. The number of anilines is 1. The number of para-hydroxylation sites is 2. The molecule has 1 aliphatic heterocycles. The molecule has 1 fully saturated rings. The van der Waals surface area contributed by atoms with E-state index < -0.39 is 7.67 Å². The van der Waals surface area contributed by atoms with E-state index in [1.165, 1.54) is 0 Å². The molecule has 4 nitrogen and oxygen atoms in total. The fraction of sp³-hybridized carbons (Fsp3) is 0.250. The number of alkyl halides is 1. The highest BCUT2D eigenvalue weighted by molar-refractivity contribution is 7.59. The highest BCUT2D eigenvalue weighted by atomic mass is 35.5. The lowest BCUT2D eigenvalue weighted by atomic mass is 10.3. The first-order chi connectivity index (χ1) is 10.7. The largest absolute Gasteiger partial charge is 0.422 e. The lowest BCUT2D eigenvalue weighted by molar-refractivity contribution is 0.394. The van der Waals surface area contributed by atoms with Gasteiger partial charge in [0.1, 0.15) is 5.75 Å². The average molecular weight is 337 g/mol. The number of hydrogen-bond donors (Lipinski definition) is 0. The summed E-state index contributed by atoms with van der Waals surface area (Å²) in [6.07, 6.45) is 0. The van der Waals surface area contributed by atoms with Gasteiger partial charge in [-0.15, -0.1) is 11.6 Å². The zero-order valence-electron chi connectivity index (χ0n) is 12.1. The van der Waals surface area contributed by atoms with E-state index >= 15 is 0 Å². The van der Waals surface area contributed by atoms with E-state index in [1.54, 1.807) is 0 Å². The van der Waals surface area contributed by atoms with E-state index in [0.29, 0.717) is 31.3 Å². The molecule has 116 valence electrons.